The van der Waals surface area contributed by atoms with E-state index in [0.717, 1.165) is 22.4 Å². The lowest BCUT2D eigenvalue weighted by atomic mass is 10.1. The molecule has 0 saturated carbocycles. The number of carbonyl (C=O) groups excluding carboxylic acids is 1. The highest BCUT2D eigenvalue weighted by Crippen LogP contribution is 2.21. The van der Waals surface area contributed by atoms with Gasteiger partial charge in [0.1, 0.15) is 0 Å². The first-order valence-corrected chi connectivity index (χ1v) is 9.13. The summed E-state index contributed by atoms with van der Waals surface area (Å²) >= 11 is 0. The largest absolute Gasteiger partial charge is 0.339 e. The van der Waals surface area contributed by atoms with Gasteiger partial charge in [-0.15, -0.1) is 0 Å². The van der Waals surface area contributed by atoms with E-state index in [1.165, 1.54) is 0 Å². The number of nitrogens with zero attached hydrogens (tertiary/aromatic N) is 3. The third-order valence-corrected chi connectivity index (χ3v) is 4.32. The van der Waals surface area contributed by atoms with Crippen molar-refractivity contribution in [1.82, 2.24) is 15.1 Å². The van der Waals surface area contributed by atoms with E-state index in [-0.39, 0.29) is 6.03 Å². The maximum atomic E-state index is 12.4. The highest BCUT2D eigenvalue weighted by atomic mass is 16.5. The molecule has 0 aliphatic heterocycles. The topological polar surface area (TPSA) is 92.9 Å². The van der Waals surface area contributed by atoms with Crippen LogP contribution in [-0.2, 0) is 6.42 Å². The number of pyridine rings is 1. The highest BCUT2D eigenvalue weighted by Gasteiger charge is 2.13. The number of nitrogens with one attached hydrogen (secondary N) is 2. The normalized spacial score (nSPS) is 10.5. The van der Waals surface area contributed by atoms with Gasteiger partial charge in [-0.3, -0.25) is 4.98 Å². The molecule has 0 unspecified atom stereocenters. The zero-order valence-electron chi connectivity index (χ0n) is 15.8. The lowest BCUT2D eigenvalue weighted by molar-refractivity contribution is 0.262. The van der Waals surface area contributed by atoms with Crippen LogP contribution in [0.3, 0.4) is 0 Å². The molecule has 2 aromatic carbocycles. The fraction of sp³-hybridized carbons (Fsp3) is 0.0909. The molecule has 0 bridgehead atoms. The molecule has 7 nitrogen and oxygen atoms in total. The van der Waals surface area contributed by atoms with Crippen molar-refractivity contribution in [2.45, 2.75) is 13.3 Å². The molecule has 2 aromatic heterocycles. The van der Waals surface area contributed by atoms with Crippen molar-refractivity contribution in [3.63, 3.8) is 0 Å². The van der Waals surface area contributed by atoms with Gasteiger partial charge < -0.3 is 15.2 Å². The molecule has 2 amide bonds. The summed E-state index contributed by atoms with van der Waals surface area (Å²) in [4.78, 5) is 20.8. The van der Waals surface area contributed by atoms with Crippen LogP contribution in [0, 0.1) is 6.92 Å². The lowest BCUT2D eigenvalue weighted by Crippen LogP contribution is -2.20. The van der Waals surface area contributed by atoms with Crippen LogP contribution in [0.15, 0.2) is 77.6 Å². The number of rotatable bonds is 5. The van der Waals surface area contributed by atoms with E-state index in [1.54, 1.807) is 12.4 Å². The predicted molar refractivity (Wildman–Crippen MR) is 111 cm³/mol. The standard InChI is InChI=1S/C22H19N5O2/c1-15-6-8-18(9-7-15)24-22(28)25-19-5-3-2-4-17(19)14-20-26-21(27-29-20)16-10-12-23-13-11-16/h2-13H,14H2,1H3,(H2,24,25,28). The number of carbonyl (C=O) groups is 1. The monoisotopic (exact) mass is 385 g/mol. The summed E-state index contributed by atoms with van der Waals surface area (Å²) in [5.74, 6) is 0.968. The zero-order chi connectivity index (χ0) is 20.1. The van der Waals surface area contributed by atoms with Crippen molar-refractivity contribution in [3.8, 4) is 11.4 Å². The van der Waals surface area contributed by atoms with Crippen LogP contribution in [0.2, 0.25) is 0 Å². The van der Waals surface area contributed by atoms with E-state index in [0.29, 0.717) is 23.8 Å². The van der Waals surface area contributed by atoms with Crippen LogP contribution < -0.4 is 10.6 Å². The average Bonchev–Trinajstić information content (AvgIpc) is 3.20. The number of amides is 2. The van der Waals surface area contributed by atoms with Gasteiger partial charge in [0.15, 0.2) is 0 Å². The smallest absolute Gasteiger partial charge is 0.323 e. The Labute approximate surface area is 167 Å². The van der Waals surface area contributed by atoms with Gasteiger partial charge in [-0.2, -0.15) is 4.98 Å². The first-order valence-electron chi connectivity index (χ1n) is 9.13. The second-order valence-electron chi connectivity index (χ2n) is 6.53. The average molecular weight is 385 g/mol. The molecular formula is C22H19N5O2. The summed E-state index contributed by atoms with van der Waals surface area (Å²) in [7, 11) is 0. The van der Waals surface area contributed by atoms with Crippen LogP contribution in [-0.4, -0.2) is 21.2 Å². The quantitative estimate of drug-likeness (QED) is 0.520. The molecular weight excluding hydrogens is 366 g/mol. The van der Waals surface area contributed by atoms with Gasteiger partial charge in [0.2, 0.25) is 11.7 Å². The molecule has 4 aromatic rings. The van der Waals surface area contributed by atoms with E-state index in [1.807, 2.05) is 67.6 Å². The predicted octanol–water partition coefficient (Wildman–Crippen LogP) is 4.67. The Kier molecular flexibility index (Phi) is 5.29. The second-order valence-corrected chi connectivity index (χ2v) is 6.53. The Morgan fingerprint density at radius 1 is 0.966 bits per heavy atom. The van der Waals surface area contributed by atoms with E-state index in [2.05, 4.69) is 25.8 Å². The minimum absolute atomic E-state index is 0.315. The zero-order valence-corrected chi connectivity index (χ0v) is 15.8. The second kappa shape index (κ2) is 8.35. The van der Waals surface area contributed by atoms with Gasteiger partial charge in [0.05, 0.1) is 6.42 Å². The molecule has 7 heteroatoms. The van der Waals surface area contributed by atoms with Crippen molar-refractivity contribution in [3.05, 3.63) is 90.1 Å². The van der Waals surface area contributed by atoms with Gasteiger partial charge in [0, 0.05) is 29.3 Å². The molecule has 0 atom stereocenters. The van der Waals surface area contributed by atoms with E-state index in [4.69, 9.17) is 4.52 Å². The molecule has 0 saturated heterocycles. The van der Waals surface area contributed by atoms with Gasteiger partial charge in [-0.05, 0) is 42.8 Å². The maximum absolute atomic E-state index is 12.4. The molecule has 0 aliphatic carbocycles. The summed E-state index contributed by atoms with van der Waals surface area (Å²) in [5.41, 5.74) is 4.24. The van der Waals surface area contributed by atoms with Crippen molar-refractivity contribution < 1.29 is 9.32 Å². The third kappa shape index (κ3) is 4.65. The Hall–Kier alpha value is -4.00. The van der Waals surface area contributed by atoms with Crippen molar-refractivity contribution in [2.24, 2.45) is 0 Å². The number of para-hydroxylation sites is 1. The van der Waals surface area contributed by atoms with Crippen molar-refractivity contribution >= 4 is 17.4 Å². The summed E-state index contributed by atoms with van der Waals surface area (Å²) in [6.07, 6.45) is 3.76. The van der Waals surface area contributed by atoms with Gasteiger partial charge in [-0.1, -0.05) is 41.1 Å². The summed E-state index contributed by atoms with van der Waals surface area (Å²) in [6.45, 7) is 2.00. The molecule has 0 spiro atoms. The van der Waals surface area contributed by atoms with Gasteiger partial charge in [-0.25, -0.2) is 4.79 Å². The minimum atomic E-state index is -0.315. The van der Waals surface area contributed by atoms with E-state index in [9.17, 15) is 4.79 Å². The van der Waals surface area contributed by atoms with Gasteiger partial charge >= 0.3 is 6.03 Å². The van der Waals surface area contributed by atoms with Crippen molar-refractivity contribution in [2.75, 3.05) is 10.6 Å². The van der Waals surface area contributed by atoms with Crippen LogP contribution in [0.4, 0.5) is 16.2 Å². The summed E-state index contributed by atoms with van der Waals surface area (Å²) in [5, 5.41) is 9.73. The summed E-state index contributed by atoms with van der Waals surface area (Å²) < 4.78 is 5.38. The third-order valence-electron chi connectivity index (χ3n) is 4.32. The highest BCUT2D eigenvalue weighted by molar-refractivity contribution is 6.00. The molecule has 2 heterocycles. The Morgan fingerprint density at radius 3 is 2.52 bits per heavy atom. The number of benzene rings is 2. The Bertz CT molecular complexity index is 1110. The number of anilines is 2. The molecule has 2 N–H and O–H groups in total. The fourth-order valence-corrected chi connectivity index (χ4v) is 2.83. The molecule has 29 heavy (non-hydrogen) atoms. The SMILES string of the molecule is Cc1ccc(NC(=O)Nc2ccccc2Cc2nc(-c3ccncc3)no2)cc1. The molecule has 0 radical (unpaired) electrons. The van der Waals surface area contributed by atoms with E-state index < -0.39 is 0 Å². The fourth-order valence-electron chi connectivity index (χ4n) is 2.83. The van der Waals surface area contributed by atoms with Gasteiger partial charge in [0.25, 0.3) is 0 Å². The van der Waals surface area contributed by atoms with Crippen LogP contribution in [0.5, 0.6) is 0 Å². The number of aromatic nitrogens is 3. The van der Waals surface area contributed by atoms with Crippen LogP contribution >= 0.6 is 0 Å². The Balaban J connectivity index is 1.46. The molecule has 4 rings (SSSR count). The number of urea groups is 1. The van der Waals surface area contributed by atoms with Crippen molar-refractivity contribution in [1.29, 1.82) is 0 Å². The molecule has 144 valence electrons. The molecule has 0 fully saturated rings. The van der Waals surface area contributed by atoms with Crippen LogP contribution in [0.25, 0.3) is 11.4 Å². The molecule has 0 aliphatic rings. The first kappa shape index (κ1) is 18.4. The summed E-state index contributed by atoms with van der Waals surface area (Å²) in [6, 6.07) is 18.4. The van der Waals surface area contributed by atoms with Crippen LogP contribution in [0.1, 0.15) is 17.0 Å². The lowest BCUT2D eigenvalue weighted by Gasteiger charge is -2.11. The maximum Gasteiger partial charge on any atom is 0.323 e. The number of hydrogen-bond donors (Lipinski definition) is 2. The minimum Gasteiger partial charge on any atom is -0.339 e. The first-order chi connectivity index (χ1) is 14.2. The van der Waals surface area contributed by atoms with E-state index >= 15 is 0 Å². The Morgan fingerprint density at radius 2 is 1.72 bits per heavy atom. The number of aryl methyl sites for hydroxylation is 1. The number of hydrogen-bond acceptors (Lipinski definition) is 5.